The number of ether oxygens (including phenoxy) is 1. The summed E-state index contributed by atoms with van der Waals surface area (Å²) in [5, 5.41) is 14.2. The average Bonchev–Trinajstić information content (AvgIpc) is 3.67. The molecule has 12 heteroatoms. The zero-order valence-corrected chi connectivity index (χ0v) is 22.3. The SMILES string of the molecule is NC(=O)OC[C@H](CCN1CCC2(CC2)[C@H](O)C1)N1CCN(C(=O)NCc2ccc(Cl)c(Cl)c2)CCC1=O. The molecule has 0 radical (unpaired) electrons. The van der Waals surface area contributed by atoms with E-state index in [1.54, 1.807) is 28.0 Å². The molecule has 2 aliphatic heterocycles. The molecule has 1 aliphatic carbocycles. The van der Waals surface area contributed by atoms with E-state index < -0.39 is 6.09 Å². The molecule has 1 aromatic carbocycles. The Bertz CT molecular complexity index is 1010. The van der Waals surface area contributed by atoms with E-state index >= 15 is 0 Å². The predicted octanol–water partition coefficient (Wildman–Crippen LogP) is 2.44. The van der Waals surface area contributed by atoms with Gasteiger partial charge >= 0.3 is 12.1 Å². The summed E-state index contributed by atoms with van der Waals surface area (Å²) in [6, 6.07) is 4.52. The summed E-state index contributed by atoms with van der Waals surface area (Å²) in [4.78, 5) is 42.6. The van der Waals surface area contributed by atoms with E-state index in [-0.39, 0.29) is 55.6 Å². The van der Waals surface area contributed by atoms with E-state index in [2.05, 4.69) is 10.2 Å². The Labute approximate surface area is 227 Å². The fraction of sp³-hybridized carbons (Fsp3) is 0.640. The molecule has 204 valence electrons. The molecule has 1 aromatic rings. The molecule has 0 unspecified atom stereocenters. The van der Waals surface area contributed by atoms with Crippen LogP contribution in [0, 0.1) is 5.41 Å². The first-order valence-corrected chi connectivity index (χ1v) is 13.5. The van der Waals surface area contributed by atoms with Gasteiger partial charge in [-0.3, -0.25) is 4.79 Å². The lowest BCUT2D eigenvalue weighted by atomic mass is 9.90. The maximum Gasteiger partial charge on any atom is 0.404 e. The number of hydrogen-bond acceptors (Lipinski definition) is 6. The number of aliphatic hydroxyl groups is 1. The fourth-order valence-corrected chi connectivity index (χ4v) is 5.55. The van der Waals surface area contributed by atoms with Crippen LogP contribution in [0.1, 0.15) is 37.7 Å². The third-order valence-corrected chi connectivity index (χ3v) is 8.57. The number of aliphatic hydroxyl groups excluding tert-OH is 1. The Morgan fingerprint density at radius 1 is 1.16 bits per heavy atom. The van der Waals surface area contributed by atoms with Crippen molar-refractivity contribution in [3.8, 4) is 0 Å². The summed E-state index contributed by atoms with van der Waals surface area (Å²) in [5.74, 6) is -0.103. The quantitative estimate of drug-likeness (QED) is 0.451. The first kappa shape index (κ1) is 27.8. The van der Waals surface area contributed by atoms with Gasteiger partial charge in [0.1, 0.15) is 6.61 Å². The minimum absolute atomic E-state index is 0.00900. The van der Waals surface area contributed by atoms with Crippen LogP contribution in [0.5, 0.6) is 0 Å². The molecule has 3 aliphatic rings. The third-order valence-electron chi connectivity index (χ3n) is 7.84. The number of halogens is 2. The largest absolute Gasteiger partial charge is 0.448 e. The maximum absolute atomic E-state index is 13.0. The number of urea groups is 1. The number of piperidine rings is 1. The summed E-state index contributed by atoms with van der Waals surface area (Å²) in [7, 11) is 0. The number of hydrogen-bond donors (Lipinski definition) is 3. The summed E-state index contributed by atoms with van der Waals surface area (Å²) in [5.41, 5.74) is 6.14. The van der Waals surface area contributed by atoms with E-state index in [0.717, 1.165) is 31.4 Å². The van der Waals surface area contributed by atoms with Crippen molar-refractivity contribution < 1.29 is 24.2 Å². The highest BCUT2D eigenvalue weighted by atomic mass is 35.5. The molecular formula is C25H35Cl2N5O5. The normalized spacial score (nSPS) is 22.5. The maximum atomic E-state index is 13.0. The molecular weight excluding hydrogens is 521 g/mol. The van der Waals surface area contributed by atoms with Gasteiger partial charge in [0.15, 0.2) is 0 Å². The molecule has 37 heavy (non-hydrogen) atoms. The van der Waals surface area contributed by atoms with Gasteiger partial charge in [0.2, 0.25) is 5.91 Å². The number of nitrogens with zero attached hydrogens (tertiary/aromatic N) is 3. The van der Waals surface area contributed by atoms with Gasteiger partial charge in [-0.25, -0.2) is 9.59 Å². The summed E-state index contributed by atoms with van der Waals surface area (Å²) >= 11 is 12.0. The van der Waals surface area contributed by atoms with Crippen LogP contribution in [0.4, 0.5) is 9.59 Å². The number of carbonyl (C=O) groups excluding carboxylic acids is 3. The van der Waals surface area contributed by atoms with Crippen LogP contribution < -0.4 is 11.1 Å². The highest BCUT2D eigenvalue weighted by molar-refractivity contribution is 6.42. The third kappa shape index (κ3) is 7.19. The van der Waals surface area contributed by atoms with Crippen molar-refractivity contribution in [2.24, 2.45) is 11.1 Å². The predicted molar refractivity (Wildman–Crippen MR) is 139 cm³/mol. The topological polar surface area (TPSA) is 128 Å². The van der Waals surface area contributed by atoms with Gasteiger partial charge in [-0.05, 0) is 55.3 Å². The van der Waals surface area contributed by atoms with Gasteiger partial charge in [0.05, 0.1) is 22.2 Å². The van der Waals surface area contributed by atoms with Gasteiger partial charge in [0, 0.05) is 45.7 Å². The van der Waals surface area contributed by atoms with Crippen LogP contribution >= 0.6 is 23.2 Å². The molecule has 3 fully saturated rings. The van der Waals surface area contributed by atoms with Crippen LogP contribution in [0.25, 0.3) is 0 Å². The van der Waals surface area contributed by atoms with Crippen molar-refractivity contribution in [1.29, 1.82) is 0 Å². The van der Waals surface area contributed by atoms with Crippen LogP contribution in [-0.2, 0) is 16.1 Å². The van der Waals surface area contributed by atoms with Gasteiger partial charge in [-0.2, -0.15) is 0 Å². The monoisotopic (exact) mass is 555 g/mol. The lowest BCUT2D eigenvalue weighted by molar-refractivity contribution is -0.133. The second kappa shape index (κ2) is 12.1. The molecule has 1 saturated carbocycles. The Morgan fingerprint density at radius 3 is 2.62 bits per heavy atom. The minimum Gasteiger partial charge on any atom is -0.448 e. The van der Waals surface area contributed by atoms with Crippen LogP contribution in [0.15, 0.2) is 18.2 Å². The van der Waals surface area contributed by atoms with Gasteiger partial charge < -0.3 is 35.6 Å². The molecule has 0 bridgehead atoms. The highest BCUT2D eigenvalue weighted by Crippen LogP contribution is 2.53. The molecule has 1 spiro atoms. The Balaban J connectivity index is 1.31. The van der Waals surface area contributed by atoms with Crippen molar-refractivity contribution in [2.45, 2.75) is 50.8 Å². The number of carbonyl (C=O) groups is 3. The van der Waals surface area contributed by atoms with E-state index in [4.69, 9.17) is 33.7 Å². The average molecular weight is 556 g/mol. The van der Waals surface area contributed by atoms with Crippen molar-refractivity contribution in [1.82, 2.24) is 20.0 Å². The molecule has 4 amide bonds. The van der Waals surface area contributed by atoms with Gasteiger partial charge in [-0.1, -0.05) is 29.3 Å². The van der Waals surface area contributed by atoms with E-state index in [1.807, 2.05) is 0 Å². The number of likely N-dealkylation sites (tertiary alicyclic amines) is 1. The second-order valence-electron chi connectivity index (χ2n) is 10.2. The van der Waals surface area contributed by atoms with Gasteiger partial charge in [0.25, 0.3) is 0 Å². The molecule has 2 heterocycles. The van der Waals surface area contributed by atoms with E-state index in [0.29, 0.717) is 42.6 Å². The Kier molecular flexibility index (Phi) is 9.05. The van der Waals surface area contributed by atoms with Crippen molar-refractivity contribution in [2.75, 3.05) is 45.9 Å². The Morgan fingerprint density at radius 2 is 1.95 bits per heavy atom. The highest BCUT2D eigenvalue weighted by Gasteiger charge is 2.51. The van der Waals surface area contributed by atoms with Crippen LogP contribution in [0.3, 0.4) is 0 Å². The summed E-state index contributed by atoms with van der Waals surface area (Å²) in [6.45, 7) is 3.40. The van der Waals surface area contributed by atoms with Crippen molar-refractivity contribution in [3.63, 3.8) is 0 Å². The van der Waals surface area contributed by atoms with Crippen molar-refractivity contribution in [3.05, 3.63) is 33.8 Å². The van der Waals surface area contributed by atoms with Crippen molar-refractivity contribution >= 4 is 41.2 Å². The molecule has 0 aromatic heterocycles. The summed E-state index contributed by atoms with van der Waals surface area (Å²) in [6.07, 6.45) is 2.69. The molecule has 4 N–H and O–H groups in total. The number of benzene rings is 1. The number of β-amino-alcohol motifs (C(OH)–C–C–N with tert-alkyl or cyclic N) is 1. The lowest BCUT2D eigenvalue weighted by Crippen LogP contribution is -2.49. The van der Waals surface area contributed by atoms with E-state index in [1.165, 1.54) is 0 Å². The van der Waals surface area contributed by atoms with Crippen LogP contribution in [-0.4, -0.2) is 95.9 Å². The zero-order chi connectivity index (χ0) is 26.6. The fourth-order valence-electron chi connectivity index (χ4n) is 5.23. The molecule has 2 atom stereocenters. The first-order valence-electron chi connectivity index (χ1n) is 12.8. The lowest BCUT2D eigenvalue weighted by Gasteiger charge is -2.38. The standard InChI is InChI=1S/C25H35Cl2N5O5/c26-19-2-1-17(13-20(19)27)14-29-24(36)31-9-4-22(34)32(12-11-31)18(16-37-23(28)35)3-8-30-10-7-25(5-6-25)21(33)15-30/h1-2,13,18,21,33H,3-12,14-16H2,(H2,28,35)(H,29,36)/t18-,21+/m0/s1. The molecule has 2 saturated heterocycles. The summed E-state index contributed by atoms with van der Waals surface area (Å²) < 4.78 is 5.09. The first-order chi connectivity index (χ1) is 17.7. The smallest absolute Gasteiger partial charge is 0.404 e. The zero-order valence-electron chi connectivity index (χ0n) is 20.8. The number of nitrogens with one attached hydrogen (secondary N) is 1. The molecule has 4 rings (SSSR count). The van der Waals surface area contributed by atoms with Crippen LogP contribution in [0.2, 0.25) is 10.0 Å². The number of amides is 4. The number of nitrogens with two attached hydrogens (primary N) is 1. The number of rotatable bonds is 8. The Hall–Kier alpha value is -2.27. The number of primary amides is 1. The minimum atomic E-state index is -0.889. The van der Waals surface area contributed by atoms with Gasteiger partial charge in [-0.15, -0.1) is 0 Å². The van der Waals surface area contributed by atoms with E-state index in [9.17, 15) is 19.5 Å². The molecule has 10 nitrogen and oxygen atoms in total. The second-order valence-corrected chi connectivity index (χ2v) is 11.0.